The van der Waals surface area contributed by atoms with Gasteiger partial charge in [-0.05, 0) is 30.3 Å². The fourth-order valence-electron chi connectivity index (χ4n) is 3.13. The maximum Gasteiger partial charge on any atom is 0.240 e. The van der Waals surface area contributed by atoms with Gasteiger partial charge >= 0.3 is 0 Å². The maximum atomic E-state index is 12.4. The van der Waals surface area contributed by atoms with E-state index in [0.29, 0.717) is 17.4 Å². The number of fused-ring (bicyclic) bond motifs is 1. The van der Waals surface area contributed by atoms with E-state index in [1.54, 1.807) is 42.9 Å². The third-order valence-corrected chi connectivity index (χ3v) is 6.42. The number of sulfonamides is 1. The SMILES string of the molecule is CN(CCNS(=O)(=O)c1ccccc1)c1cc(-n2ccnc2)c2ccc(Cl)cc2n1. The zero-order valence-corrected chi connectivity index (χ0v) is 17.8. The molecule has 0 bridgehead atoms. The van der Waals surface area contributed by atoms with E-state index < -0.39 is 10.0 Å². The molecule has 4 rings (SSSR count). The molecule has 0 saturated carbocycles. The van der Waals surface area contributed by atoms with Crippen molar-refractivity contribution < 1.29 is 8.42 Å². The van der Waals surface area contributed by atoms with Crippen LogP contribution >= 0.6 is 11.6 Å². The van der Waals surface area contributed by atoms with Crippen molar-refractivity contribution in [1.29, 1.82) is 0 Å². The minimum atomic E-state index is -3.55. The number of halogens is 1. The molecule has 4 aromatic rings. The summed E-state index contributed by atoms with van der Waals surface area (Å²) in [4.78, 5) is 11.0. The molecule has 0 amide bonds. The zero-order chi connectivity index (χ0) is 21.1. The van der Waals surface area contributed by atoms with E-state index >= 15 is 0 Å². The molecule has 2 heterocycles. The van der Waals surface area contributed by atoms with Crippen LogP contribution in [0.5, 0.6) is 0 Å². The van der Waals surface area contributed by atoms with Gasteiger partial charge in [-0.25, -0.2) is 23.1 Å². The van der Waals surface area contributed by atoms with Gasteiger partial charge in [-0.3, -0.25) is 0 Å². The summed E-state index contributed by atoms with van der Waals surface area (Å²) >= 11 is 6.17. The lowest BCUT2D eigenvalue weighted by molar-refractivity contribution is 0.581. The first-order valence-electron chi connectivity index (χ1n) is 9.28. The number of hydrogen-bond acceptors (Lipinski definition) is 5. The van der Waals surface area contributed by atoms with Gasteiger partial charge in [0.25, 0.3) is 0 Å². The molecule has 0 aliphatic rings. The first-order chi connectivity index (χ1) is 14.4. The van der Waals surface area contributed by atoms with Crippen molar-refractivity contribution >= 4 is 38.3 Å². The number of nitrogens with one attached hydrogen (secondary N) is 1. The number of nitrogens with zero attached hydrogens (tertiary/aromatic N) is 4. The number of aromatic nitrogens is 3. The summed E-state index contributed by atoms with van der Waals surface area (Å²) in [6.45, 7) is 0.678. The standard InChI is InChI=1S/C21H20ClN5O2S/c1-26(11-10-24-30(28,29)17-5-3-2-4-6-17)21-14-20(27-12-9-23-15-27)18-8-7-16(22)13-19(18)25-21/h2-9,12-15,24H,10-11H2,1H3. The Hall–Kier alpha value is -2.94. The average Bonchev–Trinajstić information content (AvgIpc) is 3.28. The summed E-state index contributed by atoms with van der Waals surface area (Å²) in [5.74, 6) is 0.701. The van der Waals surface area contributed by atoms with E-state index in [2.05, 4.69) is 9.71 Å². The van der Waals surface area contributed by atoms with Crippen LogP contribution in [0, 0.1) is 0 Å². The van der Waals surface area contributed by atoms with E-state index in [-0.39, 0.29) is 11.4 Å². The van der Waals surface area contributed by atoms with Crippen LogP contribution in [0.2, 0.25) is 5.02 Å². The van der Waals surface area contributed by atoms with Crippen molar-refractivity contribution in [3.63, 3.8) is 0 Å². The third kappa shape index (κ3) is 4.30. The molecule has 0 aliphatic heterocycles. The van der Waals surface area contributed by atoms with Gasteiger partial charge < -0.3 is 9.47 Å². The molecule has 7 nitrogen and oxygen atoms in total. The number of imidazole rings is 1. The number of anilines is 1. The first-order valence-corrected chi connectivity index (χ1v) is 11.1. The number of benzene rings is 2. The van der Waals surface area contributed by atoms with E-state index in [1.165, 1.54) is 0 Å². The van der Waals surface area contributed by atoms with Gasteiger partial charge in [0.15, 0.2) is 0 Å². The van der Waals surface area contributed by atoms with E-state index in [4.69, 9.17) is 16.6 Å². The number of pyridine rings is 1. The highest BCUT2D eigenvalue weighted by Gasteiger charge is 2.14. The molecule has 0 spiro atoms. The van der Waals surface area contributed by atoms with Gasteiger partial charge in [0.1, 0.15) is 5.82 Å². The van der Waals surface area contributed by atoms with Crippen LogP contribution in [0.25, 0.3) is 16.6 Å². The molecular formula is C21H20ClN5O2S. The van der Waals surface area contributed by atoms with Crippen LogP contribution < -0.4 is 9.62 Å². The monoisotopic (exact) mass is 441 g/mol. The van der Waals surface area contributed by atoms with E-state index in [0.717, 1.165) is 16.6 Å². The molecule has 154 valence electrons. The van der Waals surface area contributed by atoms with Crippen molar-refractivity contribution in [3.05, 3.63) is 78.3 Å². The van der Waals surface area contributed by atoms with Gasteiger partial charge in [0, 0.05) is 49.0 Å². The number of rotatable bonds is 7. The minimum absolute atomic E-state index is 0.239. The smallest absolute Gasteiger partial charge is 0.240 e. The van der Waals surface area contributed by atoms with Crippen molar-refractivity contribution in [2.45, 2.75) is 4.90 Å². The normalized spacial score (nSPS) is 11.7. The molecule has 0 saturated heterocycles. The Morgan fingerprint density at radius 2 is 1.93 bits per heavy atom. The number of likely N-dealkylation sites (N-methyl/N-ethyl adjacent to an activating group) is 1. The molecule has 0 unspecified atom stereocenters. The lowest BCUT2D eigenvalue weighted by atomic mass is 10.1. The van der Waals surface area contributed by atoms with E-state index in [1.807, 2.05) is 47.0 Å². The molecule has 1 N–H and O–H groups in total. The number of hydrogen-bond donors (Lipinski definition) is 1. The fraction of sp³-hybridized carbons (Fsp3) is 0.143. The Kier molecular flexibility index (Phi) is 5.72. The highest BCUT2D eigenvalue weighted by atomic mass is 35.5. The van der Waals surface area contributed by atoms with Crippen molar-refractivity contribution in [2.24, 2.45) is 0 Å². The fourth-order valence-corrected chi connectivity index (χ4v) is 4.33. The Labute approximate surface area is 180 Å². The predicted molar refractivity (Wildman–Crippen MR) is 119 cm³/mol. The highest BCUT2D eigenvalue weighted by molar-refractivity contribution is 7.89. The molecule has 2 aromatic heterocycles. The summed E-state index contributed by atoms with van der Waals surface area (Å²) in [6.07, 6.45) is 5.30. The molecule has 0 fully saturated rings. The first kappa shape index (κ1) is 20.3. The second-order valence-electron chi connectivity index (χ2n) is 6.76. The molecule has 9 heteroatoms. The molecule has 0 radical (unpaired) electrons. The molecular weight excluding hydrogens is 422 g/mol. The third-order valence-electron chi connectivity index (χ3n) is 4.70. The summed E-state index contributed by atoms with van der Waals surface area (Å²) < 4.78 is 29.3. The van der Waals surface area contributed by atoms with Gasteiger partial charge in [-0.15, -0.1) is 0 Å². The van der Waals surface area contributed by atoms with Crippen LogP contribution in [0.15, 0.2) is 78.2 Å². The van der Waals surface area contributed by atoms with E-state index in [9.17, 15) is 8.42 Å². The Bertz CT molecular complexity index is 1260. The zero-order valence-electron chi connectivity index (χ0n) is 16.2. The summed E-state index contributed by atoms with van der Waals surface area (Å²) in [5.41, 5.74) is 1.67. The lowest BCUT2D eigenvalue weighted by Gasteiger charge is -2.20. The van der Waals surface area contributed by atoms with Crippen LogP contribution in [0.4, 0.5) is 5.82 Å². The van der Waals surface area contributed by atoms with Gasteiger partial charge in [0.2, 0.25) is 10.0 Å². The Morgan fingerprint density at radius 1 is 1.13 bits per heavy atom. The van der Waals surface area contributed by atoms with Crippen LogP contribution in [-0.2, 0) is 10.0 Å². The lowest BCUT2D eigenvalue weighted by Crippen LogP contribution is -2.33. The molecule has 30 heavy (non-hydrogen) atoms. The second-order valence-corrected chi connectivity index (χ2v) is 8.97. The average molecular weight is 442 g/mol. The molecule has 0 aliphatic carbocycles. The van der Waals surface area contributed by atoms with Gasteiger partial charge in [-0.1, -0.05) is 29.8 Å². The quantitative estimate of drug-likeness (QED) is 0.475. The summed E-state index contributed by atoms with van der Waals surface area (Å²) in [5, 5.41) is 1.54. The van der Waals surface area contributed by atoms with Crippen molar-refractivity contribution in [1.82, 2.24) is 19.3 Å². The summed E-state index contributed by atoms with van der Waals surface area (Å²) in [6, 6.07) is 15.8. The Morgan fingerprint density at radius 3 is 2.67 bits per heavy atom. The Balaban J connectivity index is 1.57. The van der Waals surface area contributed by atoms with Crippen molar-refractivity contribution in [2.75, 3.05) is 25.0 Å². The highest BCUT2D eigenvalue weighted by Crippen LogP contribution is 2.27. The second kappa shape index (κ2) is 8.43. The van der Waals surface area contributed by atoms with Crippen LogP contribution in [0.3, 0.4) is 0 Å². The molecule has 0 atom stereocenters. The van der Waals surface area contributed by atoms with Crippen LogP contribution in [0.1, 0.15) is 0 Å². The predicted octanol–water partition coefficient (Wildman–Crippen LogP) is 3.49. The minimum Gasteiger partial charge on any atom is -0.358 e. The topological polar surface area (TPSA) is 80.1 Å². The summed E-state index contributed by atoms with van der Waals surface area (Å²) in [7, 11) is -1.68. The molecule has 2 aromatic carbocycles. The largest absolute Gasteiger partial charge is 0.358 e. The van der Waals surface area contributed by atoms with Gasteiger partial charge in [-0.2, -0.15) is 0 Å². The van der Waals surface area contributed by atoms with Crippen LogP contribution in [-0.4, -0.2) is 43.1 Å². The maximum absolute atomic E-state index is 12.4. The van der Waals surface area contributed by atoms with Gasteiger partial charge in [0.05, 0.1) is 22.4 Å². The van der Waals surface area contributed by atoms with Crippen molar-refractivity contribution in [3.8, 4) is 5.69 Å².